The zero-order valence-corrected chi connectivity index (χ0v) is 11.0. The summed E-state index contributed by atoms with van der Waals surface area (Å²) in [5.74, 6) is 0.693. The van der Waals surface area contributed by atoms with Gasteiger partial charge in [0.1, 0.15) is 5.75 Å². The maximum atomic E-state index is 6.05. The number of rotatable bonds is 5. The number of hydrogen-bond acceptors (Lipinski definition) is 3. The van der Waals surface area contributed by atoms with E-state index in [9.17, 15) is 0 Å². The quantitative estimate of drug-likeness (QED) is 0.833. The molecule has 0 aromatic heterocycles. The average Bonchev–Trinajstić information content (AvgIpc) is 2.17. The topological polar surface area (TPSA) is 33.3 Å². The largest absolute Gasteiger partial charge is 0.495 e. The minimum Gasteiger partial charge on any atom is -0.495 e. The van der Waals surface area contributed by atoms with E-state index < -0.39 is 0 Å². The highest BCUT2D eigenvalue weighted by atomic mass is 35.5. The first-order chi connectivity index (χ1) is 7.48. The van der Waals surface area contributed by atoms with E-state index in [0.29, 0.717) is 10.8 Å². The maximum Gasteiger partial charge on any atom is 0.137 e. The van der Waals surface area contributed by atoms with Gasteiger partial charge in [0.05, 0.1) is 12.1 Å². The standard InChI is InChI=1S/C12H19ClN2O/c1-12(2,8-14-3)15-9-5-6-11(16-4)10(13)7-9/h5-7,14-15H,8H2,1-4H3. The van der Waals surface area contributed by atoms with Crippen molar-refractivity contribution in [3.05, 3.63) is 23.2 Å². The van der Waals surface area contributed by atoms with Crippen LogP contribution in [0, 0.1) is 0 Å². The molecule has 90 valence electrons. The number of anilines is 1. The van der Waals surface area contributed by atoms with E-state index in [-0.39, 0.29) is 5.54 Å². The third kappa shape index (κ3) is 3.58. The lowest BCUT2D eigenvalue weighted by molar-refractivity contribution is 0.415. The summed E-state index contributed by atoms with van der Waals surface area (Å²) >= 11 is 6.05. The lowest BCUT2D eigenvalue weighted by Crippen LogP contribution is -2.40. The van der Waals surface area contributed by atoms with Gasteiger partial charge in [-0.15, -0.1) is 0 Å². The van der Waals surface area contributed by atoms with Crippen LogP contribution in [0.15, 0.2) is 18.2 Å². The van der Waals surface area contributed by atoms with Crippen molar-refractivity contribution in [2.75, 3.05) is 26.0 Å². The Hall–Kier alpha value is -0.930. The number of nitrogens with one attached hydrogen (secondary N) is 2. The molecule has 0 amide bonds. The predicted molar refractivity (Wildman–Crippen MR) is 69.6 cm³/mol. The summed E-state index contributed by atoms with van der Waals surface area (Å²) in [6.07, 6.45) is 0. The number of benzene rings is 1. The van der Waals surface area contributed by atoms with Gasteiger partial charge in [0.2, 0.25) is 0 Å². The highest BCUT2D eigenvalue weighted by Crippen LogP contribution is 2.28. The molecular formula is C12H19ClN2O. The van der Waals surface area contributed by atoms with E-state index in [1.54, 1.807) is 7.11 Å². The van der Waals surface area contributed by atoms with Gasteiger partial charge in [0.25, 0.3) is 0 Å². The van der Waals surface area contributed by atoms with Crippen LogP contribution in [0.3, 0.4) is 0 Å². The summed E-state index contributed by atoms with van der Waals surface area (Å²) in [6.45, 7) is 5.12. The summed E-state index contributed by atoms with van der Waals surface area (Å²) < 4.78 is 5.11. The Morgan fingerprint density at radius 1 is 1.38 bits per heavy atom. The summed E-state index contributed by atoms with van der Waals surface area (Å²) in [6, 6.07) is 5.69. The monoisotopic (exact) mass is 242 g/mol. The van der Waals surface area contributed by atoms with Crippen molar-refractivity contribution in [1.82, 2.24) is 5.32 Å². The molecule has 1 rings (SSSR count). The van der Waals surface area contributed by atoms with Crippen LogP contribution in [0.4, 0.5) is 5.69 Å². The Morgan fingerprint density at radius 2 is 2.06 bits per heavy atom. The van der Waals surface area contributed by atoms with Gasteiger partial charge < -0.3 is 15.4 Å². The third-order valence-corrected chi connectivity index (χ3v) is 2.55. The number of hydrogen-bond donors (Lipinski definition) is 2. The molecule has 0 atom stereocenters. The molecule has 0 heterocycles. The Balaban J connectivity index is 2.78. The van der Waals surface area contributed by atoms with Gasteiger partial charge in [-0.2, -0.15) is 0 Å². The fourth-order valence-electron chi connectivity index (χ4n) is 1.62. The number of halogens is 1. The SMILES string of the molecule is CNCC(C)(C)Nc1ccc(OC)c(Cl)c1. The lowest BCUT2D eigenvalue weighted by Gasteiger charge is -2.27. The summed E-state index contributed by atoms with van der Waals surface area (Å²) in [4.78, 5) is 0. The molecule has 2 N–H and O–H groups in total. The molecule has 1 aromatic carbocycles. The fraction of sp³-hybridized carbons (Fsp3) is 0.500. The van der Waals surface area contributed by atoms with Crippen LogP contribution in [0.25, 0.3) is 0 Å². The van der Waals surface area contributed by atoms with E-state index in [4.69, 9.17) is 16.3 Å². The molecule has 16 heavy (non-hydrogen) atoms. The number of likely N-dealkylation sites (N-methyl/N-ethyl adjacent to an activating group) is 1. The highest BCUT2D eigenvalue weighted by molar-refractivity contribution is 6.32. The molecule has 4 heteroatoms. The van der Waals surface area contributed by atoms with Crippen LogP contribution in [-0.2, 0) is 0 Å². The zero-order valence-electron chi connectivity index (χ0n) is 10.2. The first kappa shape index (κ1) is 13.1. The smallest absolute Gasteiger partial charge is 0.137 e. The van der Waals surface area contributed by atoms with Crippen molar-refractivity contribution in [3.8, 4) is 5.75 Å². The average molecular weight is 243 g/mol. The molecule has 3 nitrogen and oxygen atoms in total. The van der Waals surface area contributed by atoms with Gasteiger partial charge in [-0.1, -0.05) is 11.6 Å². The molecule has 0 aliphatic carbocycles. The molecule has 0 spiro atoms. The van der Waals surface area contributed by atoms with Gasteiger partial charge in [-0.3, -0.25) is 0 Å². The van der Waals surface area contributed by atoms with E-state index >= 15 is 0 Å². The minimum atomic E-state index is -0.0212. The van der Waals surface area contributed by atoms with Gasteiger partial charge in [-0.05, 0) is 39.1 Å². The minimum absolute atomic E-state index is 0.0212. The molecule has 0 radical (unpaired) electrons. The Labute approximate surface area is 102 Å². The second kappa shape index (κ2) is 5.41. The van der Waals surface area contributed by atoms with Crippen LogP contribution in [0.2, 0.25) is 5.02 Å². The lowest BCUT2D eigenvalue weighted by atomic mass is 10.1. The molecule has 0 aliphatic rings. The van der Waals surface area contributed by atoms with E-state index in [1.807, 2.05) is 25.2 Å². The van der Waals surface area contributed by atoms with Crippen molar-refractivity contribution in [2.24, 2.45) is 0 Å². The Morgan fingerprint density at radius 3 is 2.56 bits per heavy atom. The number of methoxy groups -OCH3 is 1. The van der Waals surface area contributed by atoms with Crippen LogP contribution < -0.4 is 15.4 Å². The Kier molecular flexibility index (Phi) is 4.44. The summed E-state index contributed by atoms with van der Waals surface area (Å²) in [5, 5.41) is 7.17. The predicted octanol–water partition coefficient (Wildman–Crippen LogP) is 2.76. The van der Waals surface area contributed by atoms with Crippen molar-refractivity contribution in [2.45, 2.75) is 19.4 Å². The molecule has 1 aromatic rings. The van der Waals surface area contributed by atoms with Crippen molar-refractivity contribution < 1.29 is 4.74 Å². The molecule has 0 saturated carbocycles. The van der Waals surface area contributed by atoms with Crippen LogP contribution >= 0.6 is 11.6 Å². The van der Waals surface area contributed by atoms with Crippen molar-refractivity contribution in [3.63, 3.8) is 0 Å². The number of ether oxygens (including phenoxy) is 1. The molecule has 0 fully saturated rings. The summed E-state index contributed by atoms with van der Waals surface area (Å²) in [5.41, 5.74) is 0.971. The highest BCUT2D eigenvalue weighted by Gasteiger charge is 2.16. The van der Waals surface area contributed by atoms with E-state index in [2.05, 4.69) is 24.5 Å². The normalized spacial score (nSPS) is 11.3. The van der Waals surface area contributed by atoms with Gasteiger partial charge in [0.15, 0.2) is 0 Å². The van der Waals surface area contributed by atoms with Gasteiger partial charge in [0, 0.05) is 17.8 Å². The van der Waals surface area contributed by atoms with Crippen molar-refractivity contribution >= 4 is 17.3 Å². The first-order valence-electron chi connectivity index (χ1n) is 5.25. The molecule has 0 bridgehead atoms. The maximum absolute atomic E-state index is 6.05. The zero-order chi connectivity index (χ0) is 12.2. The second-order valence-electron chi connectivity index (χ2n) is 4.39. The fourth-order valence-corrected chi connectivity index (χ4v) is 1.88. The summed E-state index contributed by atoms with van der Waals surface area (Å²) in [7, 11) is 3.55. The van der Waals surface area contributed by atoms with E-state index in [1.165, 1.54) is 0 Å². The first-order valence-corrected chi connectivity index (χ1v) is 5.62. The second-order valence-corrected chi connectivity index (χ2v) is 4.80. The van der Waals surface area contributed by atoms with Gasteiger partial charge >= 0.3 is 0 Å². The third-order valence-electron chi connectivity index (χ3n) is 2.25. The Bertz CT molecular complexity index is 353. The molecule has 0 saturated heterocycles. The van der Waals surface area contributed by atoms with Crippen LogP contribution in [0.1, 0.15) is 13.8 Å². The molecule has 0 unspecified atom stereocenters. The van der Waals surface area contributed by atoms with Crippen LogP contribution in [-0.4, -0.2) is 26.2 Å². The van der Waals surface area contributed by atoms with E-state index in [0.717, 1.165) is 12.2 Å². The molecular weight excluding hydrogens is 224 g/mol. The molecule has 0 aliphatic heterocycles. The van der Waals surface area contributed by atoms with Gasteiger partial charge in [-0.25, -0.2) is 0 Å². The van der Waals surface area contributed by atoms with Crippen molar-refractivity contribution in [1.29, 1.82) is 0 Å². The van der Waals surface area contributed by atoms with Crippen LogP contribution in [0.5, 0.6) is 5.75 Å².